The van der Waals surface area contributed by atoms with Gasteiger partial charge in [-0.25, -0.2) is 0 Å². The molecule has 23 heavy (non-hydrogen) atoms. The average molecular weight is 311 g/mol. The first-order valence-corrected chi connectivity index (χ1v) is 8.89. The van der Waals surface area contributed by atoms with Gasteiger partial charge in [0.2, 0.25) is 0 Å². The fourth-order valence-corrected chi connectivity index (χ4v) is 4.04. The van der Waals surface area contributed by atoms with Gasteiger partial charge >= 0.3 is 0 Å². The van der Waals surface area contributed by atoms with Crippen molar-refractivity contribution in [2.45, 2.75) is 57.5 Å². The van der Waals surface area contributed by atoms with Crippen molar-refractivity contribution in [3.63, 3.8) is 0 Å². The molecule has 2 bridgehead atoms. The Kier molecular flexibility index (Phi) is 3.88. The van der Waals surface area contributed by atoms with Gasteiger partial charge in [0.05, 0.1) is 0 Å². The summed E-state index contributed by atoms with van der Waals surface area (Å²) in [5.74, 6) is 1.78. The molecule has 2 heterocycles. The zero-order valence-electron chi connectivity index (χ0n) is 13.8. The van der Waals surface area contributed by atoms with Crippen molar-refractivity contribution in [2.24, 2.45) is 5.92 Å². The maximum absolute atomic E-state index is 12.6. The molecule has 0 radical (unpaired) electrons. The summed E-state index contributed by atoms with van der Waals surface area (Å²) in [6.07, 6.45) is 9.71. The molecule has 3 heteroatoms. The third kappa shape index (κ3) is 3.29. The Morgan fingerprint density at radius 3 is 2.39 bits per heavy atom. The van der Waals surface area contributed by atoms with E-state index in [0.29, 0.717) is 12.1 Å². The number of carbonyl (C=O) groups is 1. The number of ether oxygens (including phenoxy) is 1. The molecule has 0 aromatic heterocycles. The van der Waals surface area contributed by atoms with Crippen LogP contribution < -0.4 is 4.74 Å². The van der Waals surface area contributed by atoms with Gasteiger partial charge in [0.1, 0.15) is 5.75 Å². The Morgan fingerprint density at radius 2 is 1.78 bits per heavy atom. The monoisotopic (exact) mass is 311 g/mol. The fraction of sp³-hybridized carbons (Fsp3) is 0.550. The maximum atomic E-state index is 12.6. The van der Waals surface area contributed by atoms with Crippen molar-refractivity contribution >= 4 is 5.91 Å². The summed E-state index contributed by atoms with van der Waals surface area (Å²) in [6, 6.07) is 8.72. The quantitative estimate of drug-likeness (QED) is 0.790. The Morgan fingerprint density at radius 1 is 1.13 bits per heavy atom. The second-order valence-electron chi connectivity index (χ2n) is 7.36. The Hall–Kier alpha value is -1.77. The van der Waals surface area contributed by atoms with Crippen molar-refractivity contribution in [1.29, 1.82) is 0 Å². The van der Waals surface area contributed by atoms with Crippen LogP contribution in [-0.2, 0) is 4.79 Å². The van der Waals surface area contributed by atoms with E-state index >= 15 is 0 Å². The predicted octanol–water partition coefficient (Wildman–Crippen LogP) is 3.86. The molecule has 3 aliphatic rings. The van der Waals surface area contributed by atoms with Gasteiger partial charge < -0.3 is 9.64 Å². The molecular formula is C20H25NO2. The highest BCUT2D eigenvalue weighted by Crippen LogP contribution is 2.41. The lowest BCUT2D eigenvalue weighted by molar-refractivity contribution is -0.137. The number of aryl methyl sites for hydroxylation is 1. The fourth-order valence-electron chi connectivity index (χ4n) is 4.04. The lowest BCUT2D eigenvalue weighted by Gasteiger charge is -2.36. The van der Waals surface area contributed by atoms with Crippen LogP contribution in [0.15, 0.2) is 35.9 Å². The highest BCUT2D eigenvalue weighted by atomic mass is 16.5. The normalized spacial score (nSPS) is 26.3. The van der Waals surface area contributed by atoms with Gasteiger partial charge in [-0.1, -0.05) is 29.3 Å². The molecule has 1 aromatic carbocycles. The molecule has 2 aliphatic heterocycles. The SMILES string of the molecule is Cc1ccc(OCC(=O)N2C3CCC2CC(=CC2CC2)C3)cc1. The minimum absolute atomic E-state index is 0.156. The molecule has 0 spiro atoms. The van der Waals surface area contributed by atoms with E-state index in [1.54, 1.807) is 5.57 Å². The van der Waals surface area contributed by atoms with Crippen LogP contribution in [0.25, 0.3) is 0 Å². The largest absolute Gasteiger partial charge is 0.484 e. The minimum Gasteiger partial charge on any atom is -0.484 e. The van der Waals surface area contributed by atoms with Gasteiger partial charge in [-0.05, 0) is 63.5 Å². The topological polar surface area (TPSA) is 29.5 Å². The van der Waals surface area contributed by atoms with Crippen LogP contribution >= 0.6 is 0 Å². The van der Waals surface area contributed by atoms with Crippen LogP contribution in [0.4, 0.5) is 0 Å². The number of rotatable bonds is 4. The summed E-state index contributed by atoms with van der Waals surface area (Å²) in [4.78, 5) is 14.7. The molecule has 122 valence electrons. The second-order valence-corrected chi connectivity index (χ2v) is 7.36. The number of benzene rings is 1. The molecule has 1 saturated carbocycles. The summed E-state index contributed by atoms with van der Waals surface area (Å²) in [5.41, 5.74) is 2.80. The number of piperidine rings is 1. The third-order valence-corrected chi connectivity index (χ3v) is 5.38. The van der Waals surface area contributed by atoms with E-state index < -0.39 is 0 Å². The maximum Gasteiger partial charge on any atom is 0.261 e. The van der Waals surface area contributed by atoms with E-state index in [1.807, 2.05) is 31.2 Å². The molecular weight excluding hydrogens is 286 g/mol. The highest BCUT2D eigenvalue weighted by Gasteiger charge is 2.41. The smallest absolute Gasteiger partial charge is 0.261 e. The van der Waals surface area contributed by atoms with E-state index in [1.165, 1.54) is 18.4 Å². The number of amides is 1. The van der Waals surface area contributed by atoms with Crippen LogP contribution in [0, 0.1) is 12.8 Å². The number of hydrogen-bond acceptors (Lipinski definition) is 2. The van der Waals surface area contributed by atoms with Gasteiger partial charge in [0, 0.05) is 12.1 Å². The standard InChI is InChI=1S/C20H25NO2/c1-14-2-8-19(9-3-14)23-13-20(22)21-17-6-7-18(21)12-16(11-17)10-15-4-5-15/h2-3,8-10,15,17-18H,4-7,11-13H2,1H3. The molecule has 0 N–H and O–H groups in total. The van der Waals surface area contributed by atoms with E-state index in [0.717, 1.165) is 37.4 Å². The van der Waals surface area contributed by atoms with Crippen LogP contribution in [0.3, 0.4) is 0 Å². The van der Waals surface area contributed by atoms with E-state index in [9.17, 15) is 4.79 Å². The van der Waals surface area contributed by atoms with Crippen LogP contribution in [0.2, 0.25) is 0 Å². The molecule has 1 aliphatic carbocycles. The van der Waals surface area contributed by atoms with Gasteiger partial charge in [0.25, 0.3) is 5.91 Å². The van der Waals surface area contributed by atoms with Gasteiger partial charge in [-0.2, -0.15) is 0 Å². The first kappa shape index (κ1) is 14.8. The Labute approximate surface area is 138 Å². The molecule has 2 saturated heterocycles. The highest BCUT2D eigenvalue weighted by molar-refractivity contribution is 5.79. The van der Waals surface area contributed by atoms with Crippen LogP contribution in [-0.4, -0.2) is 29.5 Å². The molecule has 1 aromatic rings. The van der Waals surface area contributed by atoms with Crippen LogP contribution in [0.5, 0.6) is 5.75 Å². The van der Waals surface area contributed by atoms with Gasteiger partial charge in [-0.15, -0.1) is 0 Å². The number of allylic oxidation sites excluding steroid dienone is 1. The zero-order valence-corrected chi connectivity index (χ0v) is 13.8. The average Bonchev–Trinajstić information content (AvgIpc) is 3.31. The summed E-state index contributed by atoms with van der Waals surface area (Å²) < 4.78 is 5.70. The van der Waals surface area contributed by atoms with Gasteiger partial charge in [0.15, 0.2) is 6.61 Å². The van der Waals surface area contributed by atoms with Crippen molar-refractivity contribution < 1.29 is 9.53 Å². The molecule has 3 nitrogen and oxygen atoms in total. The Bertz CT molecular complexity index is 599. The molecule has 2 unspecified atom stereocenters. The minimum atomic E-state index is 0.156. The van der Waals surface area contributed by atoms with Crippen molar-refractivity contribution in [3.8, 4) is 5.75 Å². The van der Waals surface area contributed by atoms with E-state index in [4.69, 9.17) is 4.74 Å². The molecule has 4 rings (SSSR count). The van der Waals surface area contributed by atoms with Crippen molar-refractivity contribution in [2.75, 3.05) is 6.61 Å². The second kappa shape index (κ2) is 6.03. The lowest BCUT2D eigenvalue weighted by Crippen LogP contribution is -2.46. The summed E-state index contributed by atoms with van der Waals surface area (Å²) in [6.45, 7) is 2.21. The number of carbonyl (C=O) groups excluding carboxylic acids is 1. The number of nitrogens with zero attached hydrogens (tertiary/aromatic N) is 1. The summed E-state index contributed by atoms with van der Waals surface area (Å²) in [7, 11) is 0. The Balaban J connectivity index is 1.36. The van der Waals surface area contributed by atoms with Crippen molar-refractivity contribution in [3.05, 3.63) is 41.5 Å². The molecule has 3 fully saturated rings. The first-order chi connectivity index (χ1) is 11.2. The predicted molar refractivity (Wildman–Crippen MR) is 90.4 cm³/mol. The third-order valence-electron chi connectivity index (χ3n) is 5.38. The lowest BCUT2D eigenvalue weighted by atomic mass is 9.95. The first-order valence-electron chi connectivity index (χ1n) is 8.89. The van der Waals surface area contributed by atoms with E-state index in [-0.39, 0.29) is 12.5 Å². The summed E-state index contributed by atoms with van der Waals surface area (Å²) >= 11 is 0. The molecule has 1 amide bonds. The van der Waals surface area contributed by atoms with Crippen molar-refractivity contribution in [1.82, 2.24) is 4.90 Å². The number of fused-ring (bicyclic) bond motifs is 2. The summed E-state index contributed by atoms with van der Waals surface area (Å²) in [5, 5.41) is 0. The number of hydrogen-bond donors (Lipinski definition) is 0. The van der Waals surface area contributed by atoms with Crippen LogP contribution in [0.1, 0.15) is 44.1 Å². The zero-order chi connectivity index (χ0) is 15.8. The molecule has 2 atom stereocenters. The van der Waals surface area contributed by atoms with E-state index in [2.05, 4.69) is 11.0 Å². The van der Waals surface area contributed by atoms with Gasteiger partial charge in [-0.3, -0.25) is 4.79 Å².